The molecule has 2 aromatic carbocycles. The number of hydrogen-bond donors (Lipinski definition) is 3. The number of halogens is 6. The van der Waals surface area contributed by atoms with E-state index in [1.54, 1.807) is 11.8 Å². The Hall–Kier alpha value is -4.31. The fourth-order valence-electron chi connectivity index (χ4n) is 5.46. The molecular weight excluding hydrogens is 626 g/mol. The van der Waals surface area contributed by atoms with Gasteiger partial charge in [-0.3, -0.25) is 24.4 Å². The maximum atomic E-state index is 12.9. The molecule has 252 valence electrons. The average molecular weight is 661 g/mol. The summed E-state index contributed by atoms with van der Waals surface area (Å²) in [5, 5.41) is 17.7. The SMILES string of the molecule is COc1ccc(CN2Cc3c([nH]n(C)c3=O)C3(CCN(Cc4ccccc4)CC3)C2)cc1.O=C(O)C(F)(F)F.O=C(O)C(F)(F)F. The molecule has 3 heterocycles. The number of methoxy groups -OCH3 is 1. The van der Waals surface area contributed by atoms with E-state index in [4.69, 9.17) is 24.5 Å². The lowest BCUT2D eigenvalue weighted by Crippen LogP contribution is -2.52. The molecular formula is C30H34F6N4O6. The number of H-pyrrole nitrogens is 1. The van der Waals surface area contributed by atoms with E-state index in [2.05, 4.69) is 57.4 Å². The van der Waals surface area contributed by atoms with E-state index in [1.807, 2.05) is 19.2 Å². The van der Waals surface area contributed by atoms with Crippen LogP contribution in [0.2, 0.25) is 0 Å². The van der Waals surface area contributed by atoms with E-state index in [1.165, 1.54) is 16.8 Å². The molecule has 0 unspecified atom stereocenters. The largest absolute Gasteiger partial charge is 0.497 e. The van der Waals surface area contributed by atoms with Crippen molar-refractivity contribution >= 4 is 11.9 Å². The molecule has 1 spiro atoms. The average Bonchev–Trinajstić information content (AvgIpc) is 3.29. The number of alkyl halides is 6. The van der Waals surface area contributed by atoms with E-state index in [-0.39, 0.29) is 11.0 Å². The van der Waals surface area contributed by atoms with Gasteiger partial charge >= 0.3 is 24.3 Å². The van der Waals surface area contributed by atoms with E-state index in [0.29, 0.717) is 6.54 Å². The third-order valence-corrected chi connectivity index (χ3v) is 7.69. The first-order valence-corrected chi connectivity index (χ1v) is 14.0. The molecule has 46 heavy (non-hydrogen) atoms. The smallest absolute Gasteiger partial charge is 0.490 e. The van der Waals surface area contributed by atoms with Crippen LogP contribution in [0.4, 0.5) is 26.3 Å². The molecule has 1 fully saturated rings. The van der Waals surface area contributed by atoms with Crippen molar-refractivity contribution in [1.82, 2.24) is 19.6 Å². The maximum Gasteiger partial charge on any atom is 0.490 e. The van der Waals surface area contributed by atoms with Crippen LogP contribution < -0.4 is 10.3 Å². The van der Waals surface area contributed by atoms with Crippen molar-refractivity contribution in [2.75, 3.05) is 26.7 Å². The van der Waals surface area contributed by atoms with Gasteiger partial charge in [0.2, 0.25) is 0 Å². The quantitative estimate of drug-likeness (QED) is 0.341. The number of piperidine rings is 1. The van der Waals surface area contributed by atoms with Crippen LogP contribution in [0.15, 0.2) is 59.4 Å². The van der Waals surface area contributed by atoms with Crippen molar-refractivity contribution < 1.29 is 50.9 Å². The number of hydrogen-bond acceptors (Lipinski definition) is 6. The molecule has 0 atom stereocenters. The molecule has 0 bridgehead atoms. The van der Waals surface area contributed by atoms with Crippen LogP contribution in [0.3, 0.4) is 0 Å². The Kier molecular flexibility index (Phi) is 11.7. The summed E-state index contributed by atoms with van der Waals surface area (Å²) in [4.78, 5) is 35.7. The summed E-state index contributed by atoms with van der Waals surface area (Å²) in [7, 11) is 3.53. The van der Waals surface area contributed by atoms with Gasteiger partial charge in [-0.1, -0.05) is 42.5 Å². The maximum absolute atomic E-state index is 12.9. The van der Waals surface area contributed by atoms with Crippen LogP contribution in [0.5, 0.6) is 5.75 Å². The fraction of sp³-hybridized carbons (Fsp3) is 0.433. The number of nitrogens with one attached hydrogen (secondary N) is 1. The molecule has 1 saturated heterocycles. The van der Waals surface area contributed by atoms with Crippen molar-refractivity contribution in [3.05, 3.63) is 87.3 Å². The number of likely N-dealkylation sites (tertiary alicyclic amines) is 1. The minimum Gasteiger partial charge on any atom is -0.497 e. The first-order valence-electron chi connectivity index (χ1n) is 14.0. The highest BCUT2D eigenvalue weighted by molar-refractivity contribution is 5.73. The molecule has 2 aliphatic rings. The van der Waals surface area contributed by atoms with Crippen molar-refractivity contribution in [3.63, 3.8) is 0 Å². The van der Waals surface area contributed by atoms with Crippen LogP contribution in [-0.4, -0.2) is 80.8 Å². The lowest BCUT2D eigenvalue weighted by Gasteiger charge is -2.47. The minimum absolute atomic E-state index is 0.00760. The Morgan fingerprint density at radius 1 is 0.848 bits per heavy atom. The van der Waals surface area contributed by atoms with Crippen LogP contribution in [0, 0.1) is 0 Å². The second kappa shape index (κ2) is 14.9. The number of carboxylic acids is 2. The number of aryl methyl sites for hydroxylation is 1. The van der Waals surface area contributed by atoms with Gasteiger partial charge in [0, 0.05) is 44.3 Å². The summed E-state index contributed by atoms with van der Waals surface area (Å²) in [5.41, 5.74) is 4.86. The van der Waals surface area contributed by atoms with E-state index < -0.39 is 24.3 Å². The van der Waals surface area contributed by atoms with Gasteiger partial charge < -0.3 is 14.9 Å². The number of nitrogens with zero attached hydrogens (tertiary/aromatic N) is 3. The normalized spacial score (nSPS) is 16.3. The molecule has 3 aromatic rings. The molecule has 10 nitrogen and oxygen atoms in total. The first-order chi connectivity index (χ1) is 21.4. The zero-order valence-corrected chi connectivity index (χ0v) is 25.0. The summed E-state index contributed by atoms with van der Waals surface area (Å²) in [5.74, 6) is -4.64. The number of carboxylic acid groups (broad SMARTS) is 2. The monoisotopic (exact) mass is 660 g/mol. The van der Waals surface area contributed by atoms with Gasteiger partial charge in [0.05, 0.1) is 12.7 Å². The summed E-state index contributed by atoms with van der Waals surface area (Å²) in [6, 6.07) is 19.0. The highest BCUT2D eigenvalue weighted by atomic mass is 19.4. The first kappa shape index (κ1) is 36.2. The molecule has 0 saturated carbocycles. The fourth-order valence-corrected chi connectivity index (χ4v) is 5.46. The number of aromatic amines is 1. The second-order valence-corrected chi connectivity index (χ2v) is 11.0. The van der Waals surface area contributed by atoms with Crippen molar-refractivity contribution in [3.8, 4) is 5.75 Å². The standard InChI is InChI=1S/C26H32N4O2.2C2HF3O2/c1-28-25(31)23-18-30(17-21-8-10-22(32-2)11-9-21)19-26(24(23)27-28)12-14-29(15-13-26)16-20-6-4-3-5-7-20;2*3-2(4,5)1(6)7/h3-11,27H,12-19H2,1-2H3;2*(H,6,7). The number of fused-ring (bicyclic) bond motifs is 2. The zero-order chi connectivity index (χ0) is 34.3. The van der Waals surface area contributed by atoms with Gasteiger partial charge in [0.25, 0.3) is 5.56 Å². The highest BCUT2D eigenvalue weighted by Crippen LogP contribution is 2.40. The Morgan fingerprint density at radius 2 is 1.33 bits per heavy atom. The summed E-state index contributed by atoms with van der Waals surface area (Å²) < 4.78 is 70.4. The molecule has 0 amide bonds. The van der Waals surface area contributed by atoms with Gasteiger partial charge in [-0.15, -0.1) is 0 Å². The summed E-state index contributed by atoms with van der Waals surface area (Å²) >= 11 is 0. The second-order valence-electron chi connectivity index (χ2n) is 11.0. The molecule has 0 aliphatic carbocycles. The zero-order valence-electron chi connectivity index (χ0n) is 25.0. The van der Waals surface area contributed by atoms with Crippen LogP contribution >= 0.6 is 0 Å². The van der Waals surface area contributed by atoms with Gasteiger partial charge in [-0.2, -0.15) is 26.3 Å². The Morgan fingerprint density at radius 3 is 1.80 bits per heavy atom. The van der Waals surface area contributed by atoms with Crippen LogP contribution in [0.25, 0.3) is 0 Å². The molecule has 3 N–H and O–H groups in total. The number of carbonyl (C=O) groups is 2. The summed E-state index contributed by atoms with van der Waals surface area (Å²) in [6.45, 7) is 5.60. The lowest BCUT2D eigenvalue weighted by atomic mass is 9.72. The third-order valence-electron chi connectivity index (χ3n) is 7.69. The Balaban J connectivity index is 0.000000345. The topological polar surface area (TPSA) is 128 Å². The summed E-state index contributed by atoms with van der Waals surface area (Å²) in [6.07, 6.45) is -8.04. The minimum atomic E-state index is -5.08. The van der Waals surface area contributed by atoms with Gasteiger partial charge in [-0.25, -0.2) is 9.59 Å². The lowest BCUT2D eigenvalue weighted by molar-refractivity contribution is -0.193. The van der Waals surface area contributed by atoms with Gasteiger partial charge in [0.15, 0.2) is 0 Å². The van der Waals surface area contributed by atoms with Crippen LogP contribution in [0.1, 0.15) is 35.2 Å². The predicted molar refractivity (Wildman–Crippen MR) is 153 cm³/mol. The van der Waals surface area contributed by atoms with Crippen molar-refractivity contribution in [2.24, 2.45) is 7.05 Å². The number of rotatable bonds is 5. The number of ether oxygens (including phenoxy) is 1. The number of aliphatic carboxylic acids is 2. The molecule has 16 heteroatoms. The van der Waals surface area contributed by atoms with Crippen molar-refractivity contribution in [2.45, 2.75) is 50.2 Å². The third kappa shape index (κ3) is 9.59. The van der Waals surface area contributed by atoms with Gasteiger partial charge in [-0.05, 0) is 49.2 Å². The Bertz CT molecular complexity index is 1490. The molecule has 1 aromatic heterocycles. The molecule has 5 rings (SSSR count). The number of benzene rings is 2. The molecule has 2 aliphatic heterocycles. The van der Waals surface area contributed by atoms with E-state index in [0.717, 1.165) is 56.9 Å². The Labute approximate surface area is 259 Å². The van der Waals surface area contributed by atoms with E-state index in [9.17, 15) is 31.1 Å². The molecule has 0 radical (unpaired) electrons. The van der Waals surface area contributed by atoms with E-state index >= 15 is 0 Å². The number of aromatic nitrogens is 2. The van der Waals surface area contributed by atoms with Crippen LogP contribution in [-0.2, 0) is 41.7 Å². The predicted octanol–water partition coefficient (Wildman–Crippen LogP) is 4.54. The van der Waals surface area contributed by atoms with Gasteiger partial charge in [0.1, 0.15) is 5.75 Å². The van der Waals surface area contributed by atoms with Crippen molar-refractivity contribution in [1.29, 1.82) is 0 Å². The highest BCUT2D eigenvalue weighted by Gasteiger charge is 2.44.